The average molecular weight is 473 g/mol. The molecule has 5 heteroatoms. The van der Waals surface area contributed by atoms with Crippen LogP contribution in [0, 0.1) is 12.3 Å². The van der Waals surface area contributed by atoms with Crippen LogP contribution in [0.1, 0.15) is 50.2 Å². The SMILES string of the molecule is Cc1c(Cl)cccc1N1C(=O)CC(c2ccccc2Br)C2=C1CC(C)(C)CC2=O. The van der Waals surface area contributed by atoms with Gasteiger partial charge in [0.25, 0.3) is 0 Å². The molecule has 0 spiro atoms. The van der Waals surface area contributed by atoms with E-state index in [2.05, 4.69) is 29.8 Å². The molecular formula is C24H23BrClNO2. The highest BCUT2D eigenvalue weighted by molar-refractivity contribution is 9.10. The van der Waals surface area contributed by atoms with Gasteiger partial charge in [0.15, 0.2) is 5.78 Å². The molecule has 0 bridgehead atoms. The second kappa shape index (κ2) is 7.41. The summed E-state index contributed by atoms with van der Waals surface area (Å²) in [5.41, 5.74) is 4.01. The maximum Gasteiger partial charge on any atom is 0.232 e. The van der Waals surface area contributed by atoms with Crippen molar-refractivity contribution in [2.24, 2.45) is 5.41 Å². The van der Waals surface area contributed by atoms with Gasteiger partial charge in [0.2, 0.25) is 5.91 Å². The molecule has 1 aliphatic heterocycles. The van der Waals surface area contributed by atoms with Crippen LogP contribution >= 0.6 is 27.5 Å². The number of benzene rings is 2. The number of halogens is 2. The first kappa shape index (κ1) is 20.4. The Kier molecular flexibility index (Phi) is 5.20. The molecule has 1 amide bonds. The van der Waals surface area contributed by atoms with E-state index in [0.717, 1.165) is 32.6 Å². The van der Waals surface area contributed by atoms with Gasteiger partial charge in [-0.25, -0.2) is 0 Å². The molecule has 3 nitrogen and oxygen atoms in total. The Labute approximate surface area is 184 Å². The zero-order valence-electron chi connectivity index (χ0n) is 16.8. The summed E-state index contributed by atoms with van der Waals surface area (Å²) in [4.78, 5) is 28.5. The van der Waals surface area contributed by atoms with Crippen molar-refractivity contribution in [2.45, 2.75) is 46.0 Å². The second-order valence-corrected chi connectivity index (χ2v) is 9.95. The lowest BCUT2D eigenvalue weighted by Crippen LogP contribution is -2.44. The monoisotopic (exact) mass is 471 g/mol. The molecule has 1 heterocycles. The lowest BCUT2D eigenvalue weighted by Gasteiger charge is -2.43. The zero-order valence-corrected chi connectivity index (χ0v) is 19.1. The molecule has 0 saturated heterocycles. The van der Waals surface area contributed by atoms with E-state index in [0.29, 0.717) is 17.9 Å². The number of hydrogen-bond donors (Lipinski definition) is 0. The van der Waals surface area contributed by atoms with Crippen molar-refractivity contribution in [3.63, 3.8) is 0 Å². The van der Waals surface area contributed by atoms with Crippen molar-refractivity contribution in [1.82, 2.24) is 0 Å². The first-order valence-electron chi connectivity index (χ1n) is 9.78. The van der Waals surface area contributed by atoms with Crippen LogP contribution in [0.15, 0.2) is 58.2 Å². The van der Waals surface area contributed by atoms with Crippen LogP contribution in [0.25, 0.3) is 0 Å². The van der Waals surface area contributed by atoms with Gasteiger partial charge in [-0.15, -0.1) is 0 Å². The van der Waals surface area contributed by atoms with Gasteiger partial charge in [0.05, 0.1) is 5.69 Å². The minimum Gasteiger partial charge on any atom is -0.294 e. The van der Waals surface area contributed by atoms with E-state index in [1.54, 1.807) is 4.90 Å². The van der Waals surface area contributed by atoms with E-state index in [-0.39, 0.29) is 29.4 Å². The Balaban J connectivity index is 1.96. The van der Waals surface area contributed by atoms with E-state index in [4.69, 9.17) is 11.6 Å². The third-order valence-corrected chi connectivity index (χ3v) is 7.04. The molecule has 2 aromatic rings. The maximum atomic E-state index is 13.4. The van der Waals surface area contributed by atoms with Gasteiger partial charge in [0.1, 0.15) is 0 Å². The van der Waals surface area contributed by atoms with Crippen molar-refractivity contribution in [1.29, 1.82) is 0 Å². The van der Waals surface area contributed by atoms with Gasteiger partial charge in [0, 0.05) is 39.5 Å². The number of hydrogen-bond acceptors (Lipinski definition) is 2. The van der Waals surface area contributed by atoms with Crippen LogP contribution in [0.5, 0.6) is 0 Å². The largest absolute Gasteiger partial charge is 0.294 e. The normalized spacial score (nSPS) is 21.4. The summed E-state index contributed by atoms with van der Waals surface area (Å²) in [7, 11) is 0. The maximum absolute atomic E-state index is 13.4. The van der Waals surface area contributed by atoms with Crippen molar-refractivity contribution in [2.75, 3.05) is 4.90 Å². The third-order valence-electron chi connectivity index (χ3n) is 5.90. The molecule has 2 aromatic carbocycles. The first-order chi connectivity index (χ1) is 13.7. The summed E-state index contributed by atoms with van der Waals surface area (Å²) in [6.07, 6.45) is 1.43. The summed E-state index contributed by atoms with van der Waals surface area (Å²) in [5, 5.41) is 0.617. The minimum atomic E-state index is -0.229. The quantitative estimate of drug-likeness (QED) is 0.495. The first-order valence-corrected chi connectivity index (χ1v) is 11.0. The number of amides is 1. The molecule has 1 aliphatic carbocycles. The van der Waals surface area contributed by atoms with Gasteiger partial charge in [-0.2, -0.15) is 0 Å². The summed E-state index contributed by atoms with van der Waals surface area (Å²) >= 11 is 9.97. The number of ketones is 1. The smallest absolute Gasteiger partial charge is 0.232 e. The fraction of sp³-hybridized carbons (Fsp3) is 0.333. The number of nitrogens with zero attached hydrogens (tertiary/aromatic N) is 1. The van der Waals surface area contributed by atoms with E-state index >= 15 is 0 Å². The number of Topliss-reactive ketones (excluding diaryl/α,β-unsaturated/α-hetero) is 1. The summed E-state index contributed by atoms with van der Waals surface area (Å²) in [6.45, 7) is 6.09. The predicted molar refractivity (Wildman–Crippen MR) is 120 cm³/mol. The summed E-state index contributed by atoms with van der Waals surface area (Å²) in [6, 6.07) is 13.5. The van der Waals surface area contributed by atoms with Crippen LogP contribution in [-0.2, 0) is 9.59 Å². The Morgan fingerprint density at radius 1 is 1.07 bits per heavy atom. The predicted octanol–water partition coefficient (Wildman–Crippen LogP) is 6.57. The fourth-order valence-corrected chi connectivity index (χ4v) is 5.29. The molecule has 0 radical (unpaired) electrons. The molecular weight excluding hydrogens is 450 g/mol. The zero-order chi connectivity index (χ0) is 20.9. The second-order valence-electron chi connectivity index (χ2n) is 8.69. The van der Waals surface area contributed by atoms with Gasteiger partial charge >= 0.3 is 0 Å². The highest BCUT2D eigenvalue weighted by Gasteiger charge is 2.45. The van der Waals surface area contributed by atoms with E-state index in [9.17, 15) is 9.59 Å². The third kappa shape index (κ3) is 3.57. The van der Waals surface area contributed by atoms with Crippen LogP contribution in [0.4, 0.5) is 5.69 Å². The molecule has 0 saturated carbocycles. The van der Waals surface area contributed by atoms with Gasteiger partial charge < -0.3 is 0 Å². The van der Waals surface area contributed by atoms with Crippen molar-refractivity contribution in [3.8, 4) is 0 Å². The van der Waals surface area contributed by atoms with E-state index in [1.165, 1.54) is 0 Å². The van der Waals surface area contributed by atoms with Crippen molar-refractivity contribution >= 4 is 44.9 Å². The minimum absolute atomic E-state index is 0.000342. The van der Waals surface area contributed by atoms with Crippen LogP contribution in [0.2, 0.25) is 5.02 Å². The Hall–Kier alpha value is -1.91. The highest BCUT2D eigenvalue weighted by atomic mass is 79.9. The van der Waals surface area contributed by atoms with Gasteiger partial charge in [-0.3, -0.25) is 14.5 Å². The van der Waals surface area contributed by atoms with Crippen LogP contribution < -0.4 is 4.90 Å². The Morgan fingerprint density at radius 3 is 2.52 bits per heavy atom. The topological polar surface area (TPSA) is 37.4 Å². The van der Waals surface area contributed by atoms with E-state index < -0.39 is 0 Å². The number of carbonyl (C=O) groups excluding carboxylic acids is 2. The molecule has 1 unspecified atom stereocenters. The average Bonchev–Trinajstić information content (AvgIpc) is 2.63. The van der Waals surface area contributed by atoms with Crippen molar-refractivity contribution < 1.29 is 9.59 Å². The molecule has 2 aliphatic rings. The molecule has 150 valence electrons. The molecule has 29 heavy (non-hydrogen) atoms. The summed E-state index contributed by atoms with van der Waals surface area (Å²) in [5.74, 6) is -0.0954. The fourth-order valence-electron chi connectivity index (χ4n) is 4.56. The molecule has 0 N–H and O–H groups in total. The molecule has 0 aromatic heterocycles. The number of carbonyl (C=O) groups is 2. The lowest BCUT2D eigenvalue weighted by atomic mass is 9.69. The number of allylic oxidation sites excluding steroid dienone is 2. The van der Waals surface area contributed by atoms with E-state index in [1.807, 2.05) is 49.4 Å². The van der Waals surface area contributed by atoms with Gasteiger partial charge in [-0.1, -0.05) is 65.6 Å². The highest BCUT2D eigenvalue weighted by Crippen LogP contribution is 2.49. The lowest BCUT2D eigenvalue weighted by molar-refractivity contribution is -0.121. The van der Waals surface area contributed by atoms with Crippen LogP contribution in [-0.4, -0.2) is 11.7 Å². The number of rotatable bonds is 2. The van der Waals surface area contributed by atoms with Crippen molar-refractivity contribution in [3.05, 3.63) is 74.4 Å². The number of anilines is 1. The molecule has 4 rings (SSSR count). The standard InChI is InChI=1S/C24H23BrClNO2/c1-14-18(26)9-6-10-19(14)27-20-12-24(2,3)13-21(28)23(20)16(11-22(27)29)15-7-4-5-8-17(15)25/h4-10,16H,11-13H2,1-3H3. The molecule has 1 atom stereocenters. The Morgan fingerprint density at radius 2 is 1.79 bits per heavy atom. The summed E-state index contributed by atoms with van der Waals surface area (Å²) < 4.78 is 0.926. The Bertz CT molecular complexity index is 1060. The van der Waals surface area contributed by atoms with Gasteiger partial charge in [-0.05, 0) is 48.1 Å². The van der Waals surface area contributed by atoms with Crippen LogP contribution in [0.3, 0.4) is 0 Å². The molecule has 0 fully saturated rings.